The smallest absolute Gasteiger partial charge is 0.0587 e. The fourth-order valence-electron chi connectivity index (χ4n) is 2.85. The highest BCUT2D eigenvalue weighted by Crippen LogP contribution is 2.33. The molecule has 1 rings (SSSR count). The van der Waals surface area contributed by atoms with E-state index in [4.69, 9.17) is 4.74 Å². The van der Waals surface area contributed by atoms with Crippen molar-refractivity contribution in [2.75, 3.05) is 26.8 Å². The van der Waals surface area contributed by atoms with E-state index in [1.54, 1.807) is 7.11 Å². The van der Waals surface area contributed by atoms with E-state index in [2.05, 4.69) is 19.2 Å². The van der Waals surface area contributed by atoms with E-state index in [1.165, 1.54) is 38.5 Å². The average Bonchev–Trinajstić information content (AvgIpc) is 2.25. The largest absolute Gasteiger partial charge is 0.383 e. The van der Waals surface area contributed by atoms with Crippen LogP contribution in [0.15, 0.2) is 0 Å². The van der Waals surface area contributed by atoms with Crippen molar-refractivity contribution < 1.29 is 4.74 Å². The van der Waals surface area contributed by atoms with Gasteiger partial charge in [0.15, 0.2) is 0 Å². The molecule has 1 aliphatic rings. The van der Waals surface area contributed by atoms with Gasteiger partial charge in [0.2, 0.25) is 0 Å². The Balaban J connectivity index is 2.16. The van der Waals surface area contributed by atoms with Gasteiger partial charge in [-0.25, -0.2) is 0 Å². The van der Waals surface area contributed by atoms with Crippen LogP contribution in [0, 0.1) is 11.3 Å². The quantitative estimate of drug-likeness (QED) is 0.674. The SMILES string of the molecule is COCCNCC(C)(C)CC1CCCCC1. The van der Waals surface area contributed by atoms with Crippen LogP contribution in [0.2, 0.25) is 0 Å². The Morgan fingerprint density at radius 2 is 1.88 bits per heavy atom. The van der Waals surface area contributed by atoms with E-state index < -0.39 is 0 Å². The first-order chi connectivity index (χ1) is 7.64. The predicted molar refractivity (Wildman–Crippen MR) is 69.7 cm³/mol. The van der Waals surface area contributed by atoms with E-state index in [0.29, 0.717) is 5.41 Å². The molecule has 0 atom stereocenters. The second kappa shape index (κ2) is 7.29. The number of methoxy groups -OCH3 is 1. The van der Waals surface area contributed by atoms with Crippen molar-refractivity contribution in [3.63, 3.8) is 0 Å². The van der Waals surface area contributed by atoms with Crippen LogP contribution in [0.5, 0.6) is 0 Å². The average molecular weight is 227 g/mol. The predicted octanol–water partition coefficient (Wildman–Crippen LogP) is 3.22. The van der Waals surface area contributed by atoms with Gasteiger partial charge in [-0.2, -0.15) is 0 Å². The molecule has 1 aliphatic carbocycles. The summed E-state index contributed by atoms with van der Waals surface area (Å²) in [6, 6.07) is 0. The molecule has 0 aromatic rings. The minimum atomic E-state index is 0.440. The molecule has 2 heteroatoms. The third-order valence-corrected chi connectivity index (χ3v) is 3.65. The number of nitrogens with one attached hydrogen (secondary N) is 1. The minimum Gasteiger partial charge on any atom is -0.383 e. The van der Waals surface area contributed by atoms with E-state index in [1.807, 2.05) is 0 Å². The second-order valence-corrected chi connectivity index (χ2v) is 6.04. The number of hydrogen-bond donors (Lipinski definition) is 1. The molecule has 96 valence electrons. The maximum Gasteiger partial charge on any atom is 0.0587 e. The van der Waals surface area contributed by atoms with E-state index in [-0.39, 0.29) is 0 Å². The van der Waals surface area contributed by atoms with Gasteiger partial charge in [0.1, 0.15) is 0 Å². The maximum absolute atomic E-state index is 5.04. The van der Waals surface area contributed by atoms with Gasteiger partial charge in [0.25, 0.3) is 0 Å². The topological polar surface area (TPSA) is 21.3 Å². The molecule has 0 amide bonds. The molecule has 0 heterocycles. The molecule has 1 fully saturated rings. The van der Waals surface area contributed by atoms with Crippen LogP contribution in [0.25, 0.3) is 0 Å². The summed E-state index contributed by atoms with van der Waals surface area (Å²) in [5.74, 6) is 0.980. The molecule has 0 aromatic carbocycles. The molecule has 0 bridgehead atoms. The number of hydrogen-bond acceptors (Lipinski definition) is 2. The standard InChI is InChI=1S/C14H29NO/c1-14(2,12-15-9-10-16-3)11-13-7-5-4-6-8-13/h13,15H,4-12H2,1-3H3. The fraction of sp³-hybridized carbons (Fsp3) is 1.00. The molecule has 2 nitrogen and oxygen atoms in total. The van der Waals surface area contributed by atoms with Crippen molar-refractivity contribution in [1.29, 1.82) is 0 Å². The molecular weight excluding hydrogens is 198 g/mol. The van der Waals surface area contributed by atoms with Crippen molar-refractivity contribution in [1.82, 2.24) is 5.32 Å². The van der Waals surface area contributed by atoms with Crippen LogP contribution in [0.4, 0.5) is 0 Å². The van der Waals surface area contributed by atoms with Crippen LogP contribution >= 0.6 is 0 Å². The summed E-state index contributed by atoms with van der Waals surface area (Å²) in [5, 5.41) is 3.49. The lowest BCUT2D eigenvalue weighted by Gasteiger charge is -2.32. The van der Waals surface area contributed by atoms with Crippen molar-refractivity contribution in [3.8, 4) is 0 Å². The minimum absolute atomic E-state index is 0.440. The summed E-state index contributed by atoms with van der Waals surface area (Å²) in [7, 11) is 1.76. The zero-order chi connectivity index (χ0) is 11.9. The Hall–Kier alpha value is -0.0800. The van der Waals surface area contributed by atoms with Crippen molar-refractivity contribution in [3.05, 3.63) is 0 Å². The lowest BCUT2D eigenvalue weighted by atomic mass is 9.76. The molecule has 0 spiro atoms. The van der Waals surface area contributed by atoms with Gasteiger partial charge in [-0.05, 0) is 17.8 Å². The number of rotatable bonds is 7. The Kier molecular flexibility index (Phi) is 6.37. The third-order valence-electron chi connectivity index (χ3n) is 3.65. The third kappa shape index (κ3) is 5.86. The van der Waals surface area contributed by atoms with Crippen molar-refractivity contribution >= 4 is 0 Å². The van der Waals surface area contributed by atoms with Gasteiger partial charge in [0.05, 0.1) is 6.61 Å². The van der Waals surface area contributed by atoms with Crippen LogP contribution in [-0.4, -0.2) is 26.8 Å². The van der Waals surface area contributed by atoms with Gasteiger partial charge in [-0.3, -0.25) is 0 Å². The summed E-state index contributed by atoms with van der Waals surface area (Å²) in [6.45, 7) is 7.69. The second-order valence-electron chi connectivity index (χ2n) is 6.04. The Morgan fingerprint density at radius 3 is 2.50 bits per heavy atom. The van der Waals surface area contributed by atoms with Crippen LogP contribution in [0.3, 0.4) is 0 Å². The molecule has 0 radical (unpaired) electrons. The first-order valence-corrected chi connectivity index (χ1v) is 6.84. The first kappa shape index (κ1) is 14.0. The van der Waals surface area contributed by atoms with Gasteiger partial charge in [-0.1, -0.05) is 46.0 Å². The molecule has 1 N–H and O–H groups in total. The Labute approximate surface area is 101 Å². The lowest BCUT2D eigenvalue weighted by Crippen LogP contribution is -2.33. The highest BCUT2D eigenvalue weighted by Gasteiger charge is 2.24. The normalized spacial score (nSPS) is 18.9. The van der Waals surface area contributed by atoms with Crippen LogP contribution in [0.1, 0.15) is 52.4 Å². The molecule has 0 unspecified atom stereocenters. The van der Waals surface area contributed by atoms with Gasteiger partial charge < -0.3 is 10.1 Å². The van der Waals surface area contributed by atoms with Crippen molar-refractivity contribution in [2.45, 2.75) is 52.4 Å². The van der Waals surface area contributed by atoms with E-state index in [9.17, 15) is 0 Å². The van der Waals surface area contributed by atoms with Gasteiger partial charge in [0, 0.05) is 20.2 Å². The molecule has 0 aromatic heterocycles. The Morgan fingerprint density at radius 1 is 1.19 bits per heavy atom. The monoisotopic (exact) mass is 227 g/mol. The summed E-state index contributed by atoms with van der Waals surface area (Å²) >= 11 is 0. The molecule has 0 saturated heterocycles. The van der Waals surface area contributed by atoms with Crippen LogP contribution < -0.4 is 5.32 Å². The zero-order valence-corrected chi connectivity index (χ0v) is 11.3. The zero-order valence-electron chi connectivity index (χ0n) is 11.3. The van der Waals surface area contributed by atoms with E-state index >= 15 is 0 Å². The van der Waals surface area contributed by atoms with Gasteiger partial charge >= 0.3 is 0 Å². The summed E-state index contributed by atoms with van der Waals surface area (Å²) in [4.78, 5) is 0. The van der Waals surface area contributed by atoms with E-state index in [0.717, 1.165) is 25.6 Å². The van der Waals surface area contributed by atoms with Crippen LogP contribution in [-0.2, 0) is 4.74 Å². The lowest BCUT2D eigenvalue weighted by molar-refractivity contribution is 0.182. The summed E-state index contributed by atoms with van der Waals surface area (Å²) in [5.41, 5.74) is 0.440. The number of ether oxygens (including phenoxy) is 1. The first-order valence-electron chi connectivity index (χ1n) is 6.84. The fourth-order valence-corrected chi connectivity index (χ4v) is 2.85. The maximum atomic E-state index is 5.04. The van der Waals surface area contributed by atoms with Crippen molar-refractivity contribution in [2.24, 2.45) is 11.3 Å². The summed E-state index contributed by atoms with van der Waals surface area (Å²) in [6.07, 6.45) is 8.68. The summed E-state index contributed by atoms with van der Waals surface area (Å²) < 4.78 is 5.04. The molecule has 16 heavy (non-hydrogen) atoms. The molecular formula is C14H29NO. The Bertz CT molecular complexity index is 174. The molecule has 1 saturated carbocycles. The highest BCUT2D eigenvalue weighted by atomic mass is 16.5. The van der Waals surface area contributed by atoms with Gasteiger partial charge in [-0.15, -0.1) is 0 Å². The highest BCUT2D eigenvalue weighted by molar-refractivity contribution is 4.77. The molecule has 0 aliphatic heterocycles.